The number of furan rings is 1. The molecule has 1 saturated heterocycles. The molecule has 1 atom stereocenters. The Balaban J connectivity index is 1.48. The van der Waals surface area contributed by atoms with E-state index in [2.05, 4.69) is 34.3 Å². The van der Waals surface area contributed by atoms with Crippen LogP contribution in [-0.2, 0) is 12.7 Å². The quantitative estimate of drug-likeness (QED) is 0.539. The number of anilines is 1. The molecule has 3 aromatic rings. The van der Waals surface area contributed by atoms with Crippen molar-refractivity contribution in [3.63, 3.8) is 0 Å². The van der Waals surface area contributed by atoms with Crippen LogP contribution in [0.15, 0.2) is 47.1 Å². The van der Waals surface area contributed by atoms with Gasteiger partial charge in [-0.3, -0.25) is 4.90 Å². The van der Waals surface area contributed by atoms with E-state index >= 15 is 0 Å². The molecule has 0 amide bonds. The largest absolute Gasteiger partial charge is 0.467 e. The smallest absolute Gasteiger partial charge is 0.416 e. The van der Waals surface area contributed by atoms with Gasteiger partial charge in [-0.05, 0) is 53.1 Å². The Morgan fingerprint density at radius 1 is 1.06 bits per heavy atom. The van der Waals surface area contributed by atoms with Crippen molar-refractivity contribution in [2.75, 3.05) is 31.1 Å². The predicted molar refractivity (Wildman–Crippen MR) is 113 cm³/mol. The van der Waals surface area contributed by atoms with E-state index in [1.54, 1.807) is 17.0 Å². The van der Waals surface area contributed by atoms with Gasteiger partial charge in [-0.1, -0.05) is 19.9 Å². The lowest BCUT2D eigenvalue weighted by Crippen LogP contribution is -2.48. The number of aromatic nitrogens is 4. The molecule has 0 bridgehead atoms. The fraction of sp³-hybridized carbons (Fsp3) is 0.500. The Morgan fingerprint density at radius 3 is 2.50 bits per heavy atom. The Morgan fingerprint density at radius 2 is 1.84 bits per heavy atom. The van der Waals surface area contributed by atoms with Crippen LogP contribution in [0.3, 0.4) is 0 Å². The third-order valence-corrected chi connectivity index (χ3v) is 5.73. The fourth-order valence-electron chi connectivity index (χ4n) is 4.15. The molecule has 3 heterocycles. The molecule has 0 saturated carbocycles. The highest BCUT2D eigenvalue weighted by Gasteiger charge is 2.32. The summed E-state index contributed by atoms with van der Waals surface area (Å²) in [6, 6.07) is 9.27. The first-order valence-electron chi connectivity index (χ1n) is 10.8. The number of rotatable bonds is 7. The number of hydrogen-bond donors (Lipinski definition) is 0. The summed E-state index contributed by atoms with van der Waals surface area (Å²) in [5.41, 5.74) is -0.0187. The SMILES string of the molecule is CC(C)CC(c1nnnn1Cc1ccco1)N1CCN(c2cccc(C(F)(F)F)c2)CC1. The molecule has 7 nitrogen and oxygen atoms in total. The molecule has 172 valence electrons. The van der Waals surface area contributed by atoms with Gasteiger partial charge in [0.05, 0.1) is 17.9 Å². The van der Waals surface area contributed by atoms with Crippen LogP contribution in [0.2, 0.25) is 0 Å². The van der Waals surface area contributed by atoms with E-state index in [4.69, 9.17) is 4.42 Å². The monoisotopic (exact) mass is 448 g/mol. The summed E-state index contributed by atoms with van der Waals surface area (Å²) in [4.78, 5) is 4.33. The molecule has 1 aromatic carbocycles. The summed E-state index contributed by atoms with van der Waals surface area (Å²) in [6.45, 7) is 7.46. The molecular weight excluding hydrogens is 421 g/mol. The summed E-state index contributed by atoms with van der Waals surface area (Å²) >= 11 is 0. The second-order valence-corrected chi connectivity index (χ2v) is 8.49. The van der Waals surface area contributed by atoms with E-state index in [1.807, 2.05) is 17.0 Å². The summed E-state index contributed by atoms with van der Waals surface area (Å²) in [5, 5.41) is 12.4. The van der Waals surface area contributed by atoms with E-state index in [1.165, 1.54) is 12.1 Å². The van der Waals surface area contributed by atoms with Gasteiger partial charge in [0.15, 0.2) is 5.82 Å². The lowest BCUT2D eigenvalue weighted by atomic mass is 10.0. The minimum atomic E-state index is -4.34. The van der Waals surface area contributed by atoms with E-state index in [9.17, 15) is 13.2 Å². The maximum Gasteiger partial charge on any atom is 0.416 e. The van der Waals surface area contributed by atoms with Gasteiger partial charge < -0.3 is 9.32 Å². The van der Waals surface area contributed by atoms with Crippen molar-refractivity contribution in [3.05, 3.63) is 59.8 Å². The summed E-state index contributed by atoms with van der Waals surface area (Å²) in [5.74, 6) is 1.98. The van der Waals surface area contributed by atoms with Crippen LogP contribution in [-0.4, -0.2) is 51.3 Å². The van der Waals surface area contributed by atoms with E-state index in [0.29, 0.717) is 44.3 Å². The highest BCUT2D eigenvalue weighted by Crippen LogP contribution is 2.33. The topological polar surface area (TPSA) is 63.2 Å². The highest BCUT2D eigenvalue weighted by molar-refractivity contribution is 5.49. The summed E-state index contributed by atoms with van der Waals surface area (Å²) in [6.07, 6.45) is -1.84. The molecule has 4 rings (SSSR count). The molecule has 0 N–H and O–H groups in total. The third kappa shape index (κ3) is 5.12. The van der Waals surface area contributed by atoms with Crippen LogP contribution < -0.4 is 4.90 Å². The number of alkyl halides is 3. The first-order chi connectivity index (χ1) is 15.3. The average molecular weight is 448 g/mol. The second kappa shape index (κ2) is 9.32. The number of piperazine rings is 1. The van der Waals surface area contributed by atoms with Crippen LogP contribution in [0.5, 0.6) is 0 Å². The molecule has 0 spiro atoms. The minimum absolute atomic E-state index is 0.0172. The molecule has 2 aromatic heterocycles. The molecule has 32 heavy (non-hydrogen) atoms. The van der Waals surface area contributed by atoms with Gasteiger partial charge in [-0.15, -0.1) is 5.10 Å². The normalized spacial score (nSPS) is 16.6. The number of tetrazole rings is 1. The van der Waals surface area contributed by atoms with Crippen LogP contribution in [0, 0.1) is 5.92 Å². The van der Waals surface area contributed by atoms with E-state index in [0.717, 1.165) is 24.1 Å². The fourth-order valence-corrected chi connectivity index (χ4v) is 4.15. The van der Waals surface area contributed by atoms with Crippen molar-refractivity contribution in [1.82, 2.24) is 25.1 Å². The number of halogens is 3. The van der Waals surface area contributed by atoms with Crippen molar-refractivity contribution < 1.29 is 17.6 Å². The molecule has 1 aliphatic rings. The first kappa shape index (κ1) is 22.3. The lowest BCUT2D eigenvalue weighted by Gasteiger charge is -2.40. The van der Waals surface area contributed by atoms with Crippen LogP contribution in [0.1, 0.15) is 43.5 Å². The molecular formula is C22H27F3N6O. The van der Waals surface area contributed by atoms with Gasteiger partial charge in [0.2, 0.25) is 0 Å². The average Bonchev–Trinajstić information content (AvgIpc) is 3.44. The molecule has 1 aliphatic heterocycles. The predicted octanol–water partition coefficient (Wildman–Crippen LogP) is 4.24. The van der Waals surface area contributed by atoms with Crippen LogP contribution >= 0.6 is 0 Å². The maximum atomic E-state index is 13.1. The number of hydrogen-bond acceptors (Lipinski definition) is 6. The number of nitrogens with zero attached hydrogens (tertiary/aromatic N) is 6. The maximum absolute atomic E-state index is 13.1. The van der Waals surface area contributed by atoms with Gasteiger partial charge in [-0.25, -0.2) is 4.68 Å². The Kier molecular flexibility index (Phi) is 6.50. The zero-order valence-corrected chi connectivity index (χ0v) is 18.2. The summed E-state index contributed by atoms with van der Waals surface area (Å²) < 4.78 is 46.5. The Hall–Kier alpha value is -2.88. The van der Waals surface area contributed by atoms with Crippen molar-refractivity contribution in [2.24, 2.45) is 5.92 Å². The van der Waals surface area contributed by atoms with Gasteiger partial charge in [0.1, 0.15) is 12.3 Å². The van der Waals surface area contributed by atoms with E-state index < -0.39 is 11.7 Å². The lowest BCUT2D eigenvalue weighted by molar-refractivity contribution is -0.137. The molecule has 1 unspecified atom stereocenters. The standard InChI is InChI=1S/C22H27F3N6O/c1-16(2)13-20(21-26-27-28-31(21)15-19-7-4-12-32-19)30-10-8-29(9-11-30)18-6-3-5-17(14-18)22(23,24)25/h3-7,12,14,16,20H,8-11,13,15H2,1-2H3. The summed E-state index contributed by atoms with van der Waals surface area (Å²) in [7, 11) is 0. The molecule has 0 radical (unpaired) electrons. The molecule has 1 fully saturated rings. The van der Waals surface area contributed by atoms with Gasteiger partial charge in [-0.2, -0.15) is 13.2 Å². The Bertz CT molecular complexity index is 993. The minimum Gasteiger partial charge on any atom is -0.467 e. The van der Waals surface area contributed by atoms with Crippen molar-refractivity contribution in [1.29, 1.82) is 0 Å². The van der Waals surface area contributed by atoms with Gasteiger partial charge in [0, 0.05) is 31.9 Å². The third-order valence-electron chi connectivity index (χ3n) is 5.73. The zero-order valence-electron chi connectivity index (χ0n) is 18.2. The van der Waals surface area contributed by atoms with Crippen LogP contribution in [0.25, 0.3) is 0 Å². The first-order valence-corrected chi connectivity index (χ1v) is 10.8. The molecule has 10 heteroatoms. The molecule has 0 aliphatic carbocycles. The number of benzene rings is 1. The highest BCUT2D eigenvalue weighted by atomic mass is 19.4. The zero-order chi connectivity index (χ0) is 22.7. The van der Waals surface area contributed by atoms with Crippen LogP contribution in [0.4, 0.5) is 18.9 Å². The second-order valence-electron chi connectivity index (χ2n) is 8.49. The van der Waals surface area contributed by atoms with Crippen molar-refractivity contribution in [3.8, 4) is 0 Å². The van der Waals surface area contributed by atoms with Gasteiger partial charge in [0.25, 0.3) is 0 Å². The van der Waals surface area contributed by atoms with Gasteiger partial charge >= 0.3 is 6.18 Å². The van der Waals surface area contributed by atoms with E-state index in [-0.39, 0.29) is 6.04 Å². The van der Waals surface area contributed by atoms with Crippen molar-refractivity contribution >= 4 is 5.69 Å². The Labute approximate surface area is 184 Å². The van der Waals surface area contributed by atoms with Crippen molar-refractivity contribution in [2.45, 2.75) is 39.0 Å².